The van der Waals surface area contributed by atoms with Crippen LogP contribution in [0.25, 0.3) is 5.69 Å². The minimum Gasteiger partial charge on any atom is -0.493 e. The quantitative estimate of drug-likeness (QED) is 0.484. The molecule has 0 atom stereocenters. The molecular weight excluding hydrogens is 461 g/mol. The van der Waals surface area contributed by atoms with Gasteiger partial charge in [-0.3, -0.25) is 4.79 Å². The highest BCUT2D eigenvalue weighted by Gasteiger charge is 2.40. The Morgan fingerprint density at radius 1 is 1.19 bits per heavy atom. The molecule has 0 saturated carbocycles. The first-order valence-corrected chi connectivity index (χ1v) is 9.29. The molecule has 0 aliphatic heterocycles. The predicted octanol–water partition coefficient (Wildman–Crippen LogP) is 5.08. The van der Waals surface area contributed by atoms with Crippen LogP contribution in [0.3, 0.4) is 0 Å². The fourth-order valence-electron chi connectivity index (χ4n) is 2.88. The summed E-state index contributed by atoms with van der Waals surface area (Å²) in [5.74, 6) is -1.28. The van der Waals surface area contributed by atoms with Crippen LogP contribution in [-0.4, -0.2) is 29.4 Å². The van der Waals surface area contributed by atoms with Gasteiger partial charge in [-0.2, -0.15) is 27.1 Å². The highest BCUT2D eigenvalue weighted by Crippen LogP contribution is 2.34. The Morgan fingerprint density at radius 3 is 2.56 bits per heavy atom. The second kappa shape index (κ2) is 9.43. The largest absolute Gasteiger partial charge is 0.493 e. The van der Waals surface area contributed by atoms with Gasteiger partial charge in [-0.05, 0) is 35.9 Å². The number of carbonyl (C=O) groups is 1. The summed E-state index contributed by atoms with van der Waals surface area (Å²) in [4.78, 5) is 12.5. The molecule has 1 amide bonds. The normalized spacial score (nSPS) is 11.5. The summed E-state index contributed by atoms with van der Waals surface area (Å²) < 4.78 is 75.9. The van der Waals surface area contributed by atoms with Gasteiger partial charge in [-0.25, -0.2) is 4.68 Å². The first kappa shape index (κ1) is 23.3. The van der Waals surface area contributed by atoms with Crippen molar-refractivity contribution in [2.24, 2.45) is 0 Å². The van der Waals surface area contributed by atoms with E-state index in [9.17, 15) is 26.7 Å². The fourth-order valence-corrected chi connectivity index (χ4v) is 3.07. The topological polar surface area (TPSA) is 65.4 Å². The van der Waals surface area contributed by atoms with Gasteiger partial charge in [0.15, 0.2) is 17.2 Å². The lowest BCUT2D eigenvalue weighted by Gasteiger charge is -2.14. The first-order chi connectivity index (χ1) is 15.1. The van der Waals surface area contributed by atoms with E-state index < -0.39 is 30.0 Å². The highest BCUT2D eigenvalue weighted by atomic mass is 35.5. The Labute approximate surface area is 183 Å². The van der Waals surface area contributed by atoms with Gasteiger partial charge >= 0.3 is 12.8 Å². The monoisotopic (exact) mass is 475 g/mol. The van der Waals surface area contributed by atoms with Crippen molar-refractivity contribution >= 4 is 17.5 Å². The van der Waals surface area contributed by atoms with Gasteiger partial charge < -0.3 is 14.8 Å². The van der Waals surface area contributed by atoms with E-state index in [1.165, 1.54) is 49.6 Å². The van der Waals surface area contributed by atoms with Crippen LogP contribution in [0.1, 0.15) is 21.6 Å². The van der Waals surface area contributed by atoms with Crippen LogP contribution in [0, 0.1) is 0 Å². The summed E-state index contributed by atoms with van der Waals surface area (Å²) in [7, 11) is 1.23. The van der Waals surface area contributed by atoms with Crippen LogP contribution in [0.15, 0.2) is 48.7 Å². The fraction of sp³-hybridized carbons (Fsp3) is 0.200. The van der Waals surface area contributed by atoms with E-state index in [1.807, 2.05) is 0 Å². The minimum atomic E-state index is -4.89. The van der Waals surface area contributed by atoms with Crippen molar-refractivity contribution in [3.8, 4) is 17.2 Å². The lowest BCUT2D eigenvalue weighted by molar-refractivity contribution is -0.143. The van der Waals surface area contributed by atoms with Crippen LogP contribution >= 0.6 is 11.6 Å². The third-order valence-electron chi connectivity index (χ3n) is 4.23. The van der Waals surface area contributed by atoms with Gasteiger partial charge in [0.2, 0.25) is 0 Å². The number of halogens is 6. The molecule has 170 valence electrons. The Kier molecular flexibility index (Phi) is 6.87. The smallest absolute Gasteiger partial charge is 0.434 e. The Hall–Kier alpha value is -3.34. The van der Waals surface area contributed by atoms with Crippen molar-refractivity contribution in [2.45, 2.75) is 19.3 Å². The summed E-state index contributed by atoms with van der Waals surface area (Å²) in [5.41, 5.74) is -1.55. The third-order valence-corrected chi connectivity index (χ3v) is 4.47. The standard InChI is InChI=1S/C20H15ClF5N3O3/c1-31-16-7-11(5-6-15(16)32-19(22)23)9-27-18(30)14-10-28-29(17(14)20(24,25)26)13-4-2-3-12(21)8-13/h2-8,10,19H,9H2,1H3,(H,27,30). The Morgan fingerprint density at radius 2 is 1.94 bits per heavy atom. The van der Waals surface area contributed by atoms with E-state index in [4.69, 9.17) is 16.3 Å². The Balaban J connectivity index is 1.84. The number of ether oxygens (including phenoxy) is 2. The third kappa shape index (κ3) is 5.28. The molecule has 0 radical (unpaired) electrons. The van der Waals surface area contributed by atoms with Crippen LogP contribution in [-0.2, 0) is 12.7 Å². The van der Waals surface area contributed by atoms with Gasteiger partial charge in [0.25, 0.3) is 5.91 Å². The van der Waals surface area contributed by atoms with E-state index in [0.29, 0.717) is 10.2 Å². The molecule has 12 heteroatoms. The second-order valence-corrected chi connectivity index (χ2v) is 6.78. The number of hydrogen-bond donors (Lipinski definition) is 1. The molecule has 1 heterocycles. The van der Waals surface area contributed by atoms with Gasteiger partial charge in [-0.15, -0.1) is 0 Å². The predicted molar refractivity (Wildman–Crippen MR) is 104 cm³/mol. The average molecular weight is 476 g/mol. The molecule has 3 aromatic rings. The van der Waals surface area contributed by atoms with E-state index >= 15 is 0 Å². The van der Waals surface area contributed by atoms with Crippen molar-refractivity contribution < 1.29 is 36.2 Å². The molecule has 0 unspecified atom stereocenters. The van der Waals surface area contributed by atoms with E-state index in [0.717, 1.165) is 6.20 Å². The second-order valence-electron chi connectivity index (χ2n) is 6.34. The van der Waals surface area contributed by atoms with Gasteiger partial charge in [0.1, 0.15) is 0 Å². The molecule has 0 bridgehead atoms. The minimum absolute atomic E-state index is 0.0261. The lowest BCUT2D eigenvalue weighted by Crippen LogP contribution is -2.26. The molecule has 2 aromatic carbocycles. The Bertz CT molecular complexity index is 1120. The highest BCUT2D eigenvalue weighted by molar-refractivity contribution is 6.30. The summed E-state index contributed by atoms with van der Waals surface area (Å²) in [6.45, 7) is -3.27. The molecule has 0 saturated heterocycles. The molecule has 0 spiro atoms. The van der Waals surface area contributed by atoms with E-state index in [-0.39, 0.29) is 28.8 Å². The molecule has 3 rings (SSSR count). The maximum Gasteiger partial charge on any atom is 0.434 e. The van der Waals surface area contributed by atoms with E-state index in [2.05, 4.69) is 15.2 Å². The van der Waals surface area contributed by atoms with Crippen molar-refractivity contribution in [1.82, 2.24) is 15.1 Å². The van der Waals surface area contributed by atoms with Crippen LogP contribution in [0.5, 0.6) is 11.5 Å². The number of methoxy groups -OCH3 is 1. The number of rotatable bonds is 7. The van der Waals surface area contributed by atoms with Crippen LogP contribution in [0.2, 0.25) is 5.02 Å². The molecule has 0 aliphatic rings. The van der Waals surface area contributed by atoms with Crippen LogP contribution in [0.4, 0.5) is 22.0 Å². The number of alkyl halides is 5. The zero-order valence-electron chi connectivity index (χ0n) is 16.3. The first-order valence-electron chi connectivity index (χ1n) is 8.91. The zero-order chi connectivity index (χ0) is 23.5. The van der Waals surface area contributed by atoms with Crippen LogP contribution < -0.4 is 14.8 Å². The van der Waals surface area contributed by atoms with Crippen molar-refractivity contribution in [3.63, 3.8) is 0 Å². The summed E-state index contributed by atoms with van der Waals surface area (Å²) >= 11 is 5.85. The zero-order valence-corrected chi connectivity index (χ0v) is 17.0. The maximum absolute atomic E-state index is 13.7. The van der Waals surface area contributed by atoms with Gasteiger partial charge in [0, 0.05) is 11.6 Å². The lowest BCUT2D eigenvalue weighted by atomic mass is 10.1. The molecule has 1 N–H and O–H groups in total. The van der Waals surface area contributed by atoms with Crippen molar-refractivity contribution in [2.75, 3.05) is 7.11 Å². The number of nitrogens with zero attached hydrogens (tertiary/aromatic N) is 2. The molecular formula is C20H15ClF5N3O3. The number of carbonyl (C=O) groups excluding carboxylic acids is 1. The summed E-state index contributed by atoms with van der Waals surface area (Å²) in [6.07, 6.45) is -4.08. The van der Waals surface area contributed by atoms with Gasteiger partial charge in [0.05, 0.1) is 24.6 Å². The van der Waals surface area contributed by atoms with Crippen molar-refractivity contribution in [3.05, 3.63) is 70.5 Å². The molecule has 0 fully saturated rings. The molecule has 1 aromatic heterocycles. The number of hydrogen-bond acceptors (Lipinski definition) is 4. The number of amides is 1. The molecule has 32 heavy (non-hydrogen) atoms. The number of benzene rings is 2. The number of nitrogens with one attached hydrogen (secondary N) is 1. The summed E-state index contributed by atoms with van der Waals surface area (Å²) in [5, 5.41) is 6.26. The summed E-state index contributed by atoms with van der Waals surface area (Å²) in [6, 6.07) is 9.46. The number of aromatic nitrogens is 2. The molecule has 0 aliphatic carbocycles. The maximum atomic E-state index is 13.7. The van der Waals surface area contributed by atoms with Crippen molar-refractivity contribution in [1.29, 1.82) is 0 Å². The SMILES string of the molecule is COc1cc(CNC(=O)c2cnn(-c3cccc(Cl)c3)c2C(F)(F)F)ccc1OC(F)F. The average Bonchev–Trinajstić information content (AvgIpc) is 3.18. The molecule has 6 nitrogen and oxygen atoms in total. The van der Waals surface area contributed by atoms with Gasteiger partial charge in [-0.1, -0.05) is 23.7 Å². The van der Waals surface area contributed by atoms with E-state index in [1.54, 1.807) is 0 Å².